The van der Waals surface area contributed by atoms with Crippen molar-refractivity contribution in [3.63, 3.8) is 0 Å². The Morgan fingerprint density at radius 2 is 2.04 bits per heavy atom. The summed E-state index contributed by atoms with van der Waals surface area (Å²) in [4.78, 5) is 28.4. The molecule has 2 aliphatic heterocycles. The van der Waals surface area contributed by atoms with Gasteiger partial charge < -0.3 is 19.3 Å². The average molecular weight is 389 g/mol. The first kappa shape index (κ1) is 18.7. The molecule has 1 aromatic carbocycles. The summed E-state index contributed by atoms with van der Waals surface area (Å²) < 4.78 is 22.8. The van der Waals surface area contributed by atoms with Gasteiger partial charge in [0.2, 0.25) is 5.43 Å². The zero-order chi connectivity index (χ0) is 20.0. The van der Waals surface area contributed by atoms with E-state index in [-0.39, 0.29) is 23.6 Å². The molecule has 7 nitrogen and oxygen atoms in total. The largest absolute Gasteiger partial charge is 0.487 e. The molecule has 1 atom stereocenters. The number of piperazine rings is 1. The van der Waals surface area contributed by atoms with Crippen LogP contribution in [-0.4, -0.2) is 59.9 Å². The Labute approximate surface area is 161 Å². The summed E-state index contributed by atoms with van der Waals surface area (Å²) in [5.41, 5.74) is -0.198. The van der Waals surface area contributed by atoms with E-state index in [2.05, 4.69) is 11.8 Å². The number of hydrogen-bond donors (Lipinski definition) is 1. The van der Waals surface area contributed by atoms with Crippen molar-refractivity contribution in [1.29, 1.82) is 0 Å². The van der Waals surface area contributed by atoms with Crippen molar-refractivity contribution < 1.29 is 19.0 Å². The highest BCUT2D eigenvalue weighted by molar-refractivity contribution is 5.97. The molecule has 1 fully saturated rings. The summed E-state index contributed by atoms with van der Waals surface area (Å²) in [6, 6.07) is 1.01. The molecule has 28 heavy (non-hydrogen) atoms. The Balaban J connectivity index is 1.87. The van der Waals surface area contributed by atoms with Crippen LogP contribution in [0.15, 0.2) is 17.1 Å². The molecule has 0 saturated carbocycles. The quantitative estimate of drug-likeness (QED) is 0.865. The number of nitrogens with zero attached hydrogens (tertiary/aromatic N) is 3. The minimum atomic E-state index is -1.31. The van der Waals surface area contributed by atoms with Crippen LogP contribution in [0.25, 0.3) is 10.9 Å². The molecule has 0 amide bonds. The molecular formula is C20H24FN3O4. The highest BCUT2D eigenvalue weighted by atomic mass is 19.1. The number of hydrogen-bond acceptors (Lipinski definition) is 5. The standard InChI is InChI=1S/C20H24FN3O4/c1-3-4-22-5-7-23(8-6-22)17-15(21)9-13-16-19(17)28-11-12(2)24(16)10-14(18(13)25)20(26)27/h9-10,12H,3-8,11H2,1-2H3,(H,26,27). The lowest BCUT2D eigenvalue weighted by molar-refractivity contribution is 0.0694. The van der Waals surface area contributed by atoms with Crippen molar-refractivity contribution in [1.82, 2.24) is 9.47 Å². The molecule has 0 radical (unpaired) electrons. The first-order valence-electron chi connectivity index (χ1n) is 9.67. The number of anilines is 1. The molecule has 0 bridgehead atoms. The van der Waals surface area contributed by atoms with Crippen molar-refractivity contribution in [3.05, 3.63) is 33.9 Å². The summed E-state index contributed by atoms with van der Waals surface area (Å²) in [7, 11) is 0. The molecule has 0 spiro atoms. The lowest BCUT2D eigenvalue weighted by Crippen LogP contribution is -2.47. The monoisotopic (exact) mass is 389 g/mol. The van der Waals surface area contributed by atoms with Crippen LogP contribution in [0.4, 0.5) is 10.1 Å². The van der Waals surface area contributed by atoms with E-state index in [0.717, 1.165) is 26.1 Å². The van der Waals surface area contributed by atoms with Gasteiger partial charge in [-0.3, -0.25) is 9.69 Å². The second-order valence-corrected chi connectivity index (χ2v) is 7.51. The Bertz CT molecular complexity index is 995. The van der Waals surface area contributed by atoms with Gasteiger partial charge in [-0.15, -0.1) is 0 Å². The van der Waals surface area contributed by atoms with E-state index in [1.165, 1.54) is 12.3 Å². The van der Waals surface area contributed by atoms with Crippen LogP contribution < -0.4 is 15.1 Å². The van der Waals surface area contributed by atoms with Gasteiger partial charge in [-0.2, -0.15) is 0 Å². The molecule has 2 aromatic rings. The number of aromatic carboxylic acids is 1. The number of pyridine rings is 1. The molecule has 1 unspecified atom stereocenters. The average Bonchev–Trinajstić information content (AvgIpc) is 2.67. The van der Waals surface area contributed by atoms with Gasteiger partial charge in [0.15, 0.2) is 11.6 Å². The number of rotatable bonds is 4. The highest BCUT2D eigenvalue weighted by Gasteiger charge is 2.31. The first-order valence-corrected chi connectivity index (χ1v) is 9.67. The predicted molar refractivity (Wildman–Crippen MR) is 104 cm³/mol. The Morgan fingerprint density at radius 3 is 2.68 bits per heavy atom. The molecule has 150 valence electrons. The van der Waals surface area contributed by atoms with Gasteiger partial charge in [0, 0.05) is 32.4 Å². The van der Waals surface area contributed by atoms with E-state index < -0.39 is 17.2 Å². The smallest absolute Gasteiger partial charge is 0.341 e. The third kappa shape index (κ3) is 2.92. The van der Waals surface area contributed by atoms with Crippen LogP contribution in [0.1, 0.15) is 36.7 Å². The molecule has 2 aliphatic rings. The SMILES string of the molecule is CCCN1CCN(c2c(F)cc3c(=O)c(C(=O)O)cn4c3c2OCC4C)CC1. The maximum absolute atomic E-state index is 15.1. The molecule has 8 heteroatoms. The first-order chi connectivity index (χ1) is 13.4. The van der Waals surface area contributed by atoms with Gasteiger partial charge in [0.05, 0.1) is 16.9 Å². The van der Waals surface area contributed by atoms with Crippen LogP contribution in [0.3, 0.4) is 0 Å². The Kier molecular flexibility index (Phi) is 4.74. The van der Waals surface area contributed by atoms with Crippen molar-refractivity contribution in [2.75, 3.05) is 44.2 Å². The highest BCUT2D eigenvalue weighted by Crippen LogP contribution is 2.42. The van der Waals surface area contributed by atoms with Crippen LogP contribution in [0, 0.1) is 5.82 Å². The predicted octanol–water partition coefficient (Wildman–Crippen LogP) is 2.32. The molecule has 1 aromatic heterocycles. The van der Waals surface area contributed by atoms with Crippen molar-refractivity contribution in [2.24, 2.45) is 0 Å². The molecule has 3 heterocycles. The summed E-state index contributed by atoms with van der Waals surface area (Å²) in [6.07, 6.45) is 2.43. The third-order valence-electron chi connectivity index (χ3n) is 5.60. The van der Waals surface area contributed by atoms with E-state index in [4.69, 9.17) is 4.74 Å². The van der Waals surface area contributed by atoms with Gasteiger partial charge in [0.1, 0.15) is 17.9 Å². The number of halogens is 1. The Morgan fingerprint density at radius 1 is 1.32 bits per heavy atom. The van der Waals surface area contributed by atoms with Crippen molar-refractivity contribution >= 4 is 22.6 Å². The van der Waals surface area contributed by atoms with Crippen molar-refractivity contribution in [3.8, 4) is 5.75 Å². The Hall–Kier alpha value is -2.61. The fraction of sp³-hybridized carbons (Fsp3) is 0.500. The number of benzene rings is 1. The van der Waals surface area contributed by atoms with Crippen LogP contribution in [0.5, 0.6) is 5.75 Å². The van der Waals surface area contributed by atoms with E-state index >= 15 is 4.39 Å². The van der Waals surface area contributed by atoms with Gasteiger partial charge in [-0.05, 0) is 26.0 Å². The minimum Gasteiger partial charge on any atom is -0.487 e. The molecular weight excluding hydrogens is 365 g/mol. The van der Waals surface area contributed by atoms with Gasteiger partial charge in [0.25, 0.3) is 0 Å². The van der Waals surface area contributed by atoms with E-state index in [1.54, 1.807) is 4.57 Å². The maximum Gasteiger partial charge on any atom is 0.341 e. The summed E-state index contributed by atoms with van der Waals surface area (Å²) in [5.74, 6) is -1.52. The van der Waals surface area contributed by atoms with Crippen LogP contribution >= 0.6 is 0 Å². The minimum absolute atomic E-state index is 0.0484. The number of aromatic nitrogens is 1. The second-order valence-electron chi connectivity index (χ2n) is 7.51. The van der Waals surface area contributed by atoms with E-state index in [1.807, 2.05) is 11.8 Å². The molecule has 1 saturated heterocycles. The normalized spacial score (nSPS) is 19.7. The number of ether oxygens (including phenoxy) is 1. The molecule has 1 N–H and O–H groups in total. The number of carboxylic acids is 1. The topological polar surface area (TPSA) is 75.0 Å². The lowest BCUT2D eigenvalue weighted by Gasteiger charge is -2.38. The van der Waals surface area contributed by atoms with Gasteiger partial charge >= 0.3 is 5.97 Å². The number of carboxylic acid groups (broad SMARTS) is 1. The fourth-order valence-electron chi connectivity index (χ4n) is 4.17. The van der Waals surface area contributed by atoms with E-state index in [9.17, 15) is 14.7 Å². The van der Waals surface area contributed by atoms with Crippen LogP contribution in [0.2, 0.25) is 0 Å². The summed E-state index contributed by atoms with van der Waals surface area (Å²) >= 11 is 0. The number of carbonyl (C=O) groups is 1. The van der Waals surface area contributed by atoms with Crippen molar-refractivity contribution in [2.45, 2.75) is 26.3 Å². The molecule has 4 rings (SSSR count). The maximum atomic E-state index is 15.1. The van der Waals surface area contributed by atoms with Gasteiger partial charge in [-0.1, -0.05) is 6.92 Å². The van der Waals surface area contributed by atoms with Gasteiger partial charge in [-0.25, -0.2) is 9.18 Å². The molecule has 0 aliphatic carbocycles. The second kappa shape index (κ2) is 7.09. The summed E-state index contributed by atoms with van der Waals surface area (Å²) in [6.45, 7) is 8.35. The zero-order valence-electron chi connectivity index (χ0n) is 16.1. The fourth-order valence-corrected chi connectivity index (χ4v) is 4.17. The lowest BCUT2D eigenvalue weighted by atomic mass is 10.1. The zero-order valence-corrected chi connectivity index (χ0v) is 16.1. The van der Waals surface area contributed by atoms with E-state index in [0.29, 0.717) is 30.0 Å². The summed E-state index contributed by atoms with van der Waals surface area (Å²) in [5, 5.41) is 9.41. The van der Waals surface area contributed by atoms with Crippen LogP contribution in [-0.2, 0) is 0 Å². The third-order valence-corrected chi connectivity index (χ3v) is 5.60.